The summed E-state index contributed by atoms with van der Waals surface area (Å²) in [6.07, 6.45) is 1.36. The summed E-state index contributed by atoms with van der Waals surface area (Å²) in [6.45, 7) is 7.87. The maximum atomic E-state index is 12.6. The number of benzene rings is 1. The lowest BCUT2D eigenvalue weighted by molar-refractivity contribution is 0.0911. The van der Waals surface area contributed by atoms with Gasteiger partial charge in [-0.2, -0.15) is 4.98 Å². The van der Waals surface area contributed by atoms with E-state index in [1.165, 1.54) is 5.69 Å². The average molecular weight is 365 g/mol. The van der Waals surface area contributed by atoms with Crippen LogP contribution >= 0.6 is 0 Å². The fourth-order valence-corrected chi connectivity index (χ4v) is 4.08. The van der Waals surface area contributed by atoms with Crippen LogP contribution in [0.4, 0.5) is 17.5 Å². The molecule has 4 rings (SSSR count). The molecule has 0 radical (unpaired) electrons. The summed E-state index contributed by atoms with van der Waals surface area (Å²) in [4.78, 5) is 26.8. The lowest BCUT2D eigenvalue weighted by Crippen LogP contribution is -2.47. The number of para-hydroxylation sites is 1. The Balaban J connectivity index is 1.57. The number of carbonyl (C=O) groups is 1. The molecule has 2 aliphatic rings. The van der Waals surface area contributed by atoms with E-state index in [4.69, 9.17) is 4.98 Å². The number of ketones is 1. The normalized spacial score (nSPS) is 19.0. The van der Waals surface area contributed by atoms with Gasteiger partial charge in [-0.1, -0.05) is 32.0 Å². The van der Waals surface area contributed by atoms with Crippen molar-refractivity contribution in [2.75, 3.05) is 48.3 Å². The Labute approximate surface area is 160 Å². The van der Waals surface area contributed by atoms with Gasteiger partial charge in [0.25, 0.3) is 0 Å². The standard InChI is InChI=1S/C21H27N5O/c1-21(2)13-16-18(17(27)14-21)19(22-3)24-20(23-16)26-11-9-25(10-12-26)15-7-5-4-6-8-15/h4-8H,9-14H2,1-3H3,(H,22,23,24). The minimum Gasteiger partial charge on any atom is -0.372 e. The third-order valence-corrected chi connectivity index (χ3v) is 5.46. The molecular weight excluding hydrogens is 338 g/mol. The van der Waals surface area contributed by atoms with Gasteiger partial charge in [-0.25, -0.2) is 4.98 Å². The molecule has 0 amide bonds. The molecule has 0 saturated carbocycles. The molecule has 1 aliphatic carbocycles. The molecule has 1 N–H and O–H groups in total. The quantitative estimate of drug-likeness (QED) is 0.902. The van der Waals surface area contributed by atoms with Crippen molar-refractivity contribution in [2.45, 2.75) is 26.7 Å². The third-order valence-electron chi connectivity index (χ3n) is 5.46. The van der Waals surface area contributed by atoms with Gasteiger partial charge < -0.3 is 15.1 Å². The average Bonchev–Trinajstić information content (AvgIpc) is 2.66. The largest absolute Gasteiger partial charge is 0.372 e. The number of nitrogens with zero attached hydrogens (tertiary/aromatic N) is 4. The number of aromatic nitrogens is 2. The van der Waals surface area contributed by atoms with Crippen molar-refractivity contribution in [3.8, 4) is 0 Å². The molecule has 0 atom stereocenters. The Kier molecular flexibility index (Phi) is 4.50. The van der Waals surface area contributed by atoms with Crippen LogP contribution in [-0.2, 0) is 6.42 Å². The zero-order chi connectivity index (χ0) is 19.0. The summed E-state index contributed by atoms with van der Waals surface area (Å²) < 4.78 is 0. The minimum atomic E-state index is -0.0489. The van der Waals surface area contributed by atoms with Gasteiger partial charge in [-0.3, -0.25) is 4.79 Å². The van der Waals surface area contributed by atoms with Gasteiger partial charge in [0.1, 0.15) is 5.82 Å². The number of piperazine rings is 1. The van der Waals surface area contributed by atoms with E-state index in [0.717, 1.165) is 44.2 Å². The number of carbonyl (C=O) groups excluding carboxylic acids is 1. The molecule has 6 heteroatoms. The monoisotopic (exact) mass is 365 g/mol. The topological polar surface area (TPSA) is 61.4 Å². The fourth-order valence-electron chi connectivity index (χ4n) is 4.08. The molecule has 2 heterocycles. The van der Waals surface area contributed by atoms with Crippen molar-refractivity contribution in [2.24, 2.45) is 5.41 Å². The van der Waals surface area contributed by atoms with Crippen LogP contribution < -0.4 is 15.1 Å². The Morgan fingerprint density at radius 3 is 2.30 bits per heavy atom. The highest BCUT2D eigenvalue weighted by Crippen LogP contribution is 2.37. The molecule has 1 aromatic heterocycles. The minimum absolute atomic E-state index is 0.0489. The van der Waals surface area contributed by atoms with E-state index < -0.39 is 0 Å². The molecule has 27 heavy (non-hydrogen) atoms. The molecular formula is C21H27N5O. The maximum absolute atomic E-state index is 12.6. The highest BCUT2D eigenvalue weighted by Gasteiger charge is 2.35. The lowest BCUT2D eigenvalue weighted by atomic mass is 9.76. The van der Waals surface area contributed by atoms with E-state index >= 15 is 0 Å². The predicted molar refractivity (Wildman–Crippen MR) is 109 cm³/mol. The number of anilines is 3. The molecule has 0 spiro atoms. The van der Waals surface area contributed by atoms with Crippen LogP contribution in [0.2, 0.25) is 0 Å². The second-order valence-electron chi connectivity index (χ2n) is 8.19. The lowest BCUT2D eigenvalue weighted by Gasteiger charge is -2.37. The van der Waals surface area contributed by atoms with Crippen molar-refractivity contribution in [3.63, 3.8) is 0 Å². The fraction of sp³-hybridized carbons (Fsp3) is 0.476. The van der Waals surface area contributed by atoms with E-state index in [1.807, 2.05) is 13.1 Å². The van der Waals surface area contributed by atoms with Crippen LogP contribution in [0.5, 0.6) is 0 Å². The van der Waals surface area contributed by atoms with Gasteiger partial charge in [0.2, 0.25) is 5.95 Å². The summed E-state index contributed by atoms with van der Waals surface area (Å²) in [5.74, 6) is 1.54. The van der Waals surface area contributed by atoms with Crippen molar-refractivity contribution >= 4 is 23.2 Å². The Morgan fingerprint density at radius 1 is 0.963 bits per heavy atom. The second kappa shape index (κ2) is 6.83. The smallest absolute Gasteiger partial charge is 0.227 e. The summed E-state index contributed by atoms with van der Waals surface area (Å²) in [5.41, 5.74) is 2.78. The molecule has 6 nitrogen and oxygen atoms in total. The zero-order valence-electron chi connectivity index (χ0n) is 16.3. The van der Waals surface area contributed by atoms with Gasteiger partial charge in [0.15, 0.2) is 5.78 Å². The van der Waals surface area contributed by atoms with Crippen LogP contribution in [0.15, 0.2) is 30.3 Å². The van der Waals surface area contributed by atoms with E-state index in [2.05, 4.69) is 58.2 Å². The summed E-state index contributed by atoms with van der Waals surface area (Å²) >= 11 is 0. The molecule has 1 saturated heterocycles. The first-order valence-corrected chi connectivity index (χ1v) is 9.64. The van der Waals surface area contributed by atoms with Crippen molar-refractivity contribution in [1.82, 2.24) is 9.97 Å². The van der Waals surface area contributed by atoms with Gasteiger partial charge in [0, 0.05) is 45.3 Å². The zero-order valence-corrected chi connectivity index (χ0v) is 16.3. The van der Waals surface area contributed by atoms with Crippen molar-refractivity contribution in [1.29, 1.82) is 0 Å². The van der Waals surface area contributed by atoms with Crippen LogP contribution in [0.3, 0.4) is 0 Å². The number of hydrogen-bond donors (Lipinski definition) is 1. The van der Waals surface area contributed by atoms with Crippen LogP contribution in [0.25, 0.3) is 0 Å². The Hall–Kier alpha value is -2.63. The first kappa shape index (κ1) is 17.8. The van der Waals surface area contributed by atoms with Crippen LogP contribution in [0, 0.1) is 5.41 Å². The number of nitrogens with one attached hydrogen (secondary N) is 1. The Morgan fingerprint density at radius 2 is 1.63 bits per heavy atom. The third kappa shape index (κ3) is 3.48. The molecule has 0 bridgehead atoms. The first-order chi connectivity index (χ1) is 13.0. The van der Waals surface area contributed by atoms with Crippen LogP contribution in [-0.4, -0.2) is 49.0 Å². The predicted octanol–water partition coefficient (Wildman–Crippen LogP) is 3.00. The van der Waals surface area contributed by atoms with Gasteiger partial charge >= 0.3 is 0 Å². The molecule has 1 aromatic carbocycles. The number of rotatable bonds is 3. The van der Waals surface area contributed by atoms with E-state index in [-0.39, 0.29) is 11.2 Å². The first-order valence-electron chi connectivity index (χ1n) is 9.64. The summed E-state index contributed by atoms with van der Waals surface area (Å²) in [6, 6.07) is 10.5. The molecule has 0 unspecified atom stereocenters. The van der Waals surface area contributed by atoms with Gasteiger partial charge in [-0.05, 0) is 24.0 Å². The van der Waals surface area contributed by atoms with E-state index in [9.17, 15) is 4.79 Å². The van der Waals surface area contributed by atoms with Gasteiger partial charge in [-0.15, -0.1) is 0 Å². The van der Waals surface area contributed by atoms with E-state index in [0.29, 0.717) is 17.8 Å². The van der Waals surface area contributed by atoms with Crippen molar-refractivity contribution in [3.05, 3.63) is 41.6 Å². The van der Waals surface area contributed by atoms with Crippen molar-refractivity contribution < 1.29 is 4.79 Å². The van der Waals surface area contributed by atoms with Gasteiger partial charge in [0.05, 0.1) is 11.3 Å². The number of Topliss-reactive ketones (excluding diaryl/α,β-unsaturated/α-hetero) is 1. The Bertz CT molecular complexity index is 841. The maximum Gasteiger partial charge on any atom is 0.227 e. The number of hydrogen-bond acceptors (Lipinski definition) is 6. The highest BCUT2D eigenvalue weighted by molar-refractivity contribution is 6.03. The number of fused-ring (bicyclic) bond motifs is 1. The molecule has 2 aromatic rings. The summed E-state index contributed by atoms with van der Waals surface area (Å²) in [7, 11) is 1.83. The molecule has 1 fully saturated rings. The van der Waals surface area contributed by atoms with E-state index in [1.54, 1.807) is 0 Å². The summed E-state index contributed by atoms with van der Waals surface area (Å²) in [5, 5.41) is 3.12. The molecule has 142 valence electrons. The SMILES string of the molecule is CNc1nc(N2CCN(c3ccccc3)CC2)nc2c1C(=O)CC(C)(C)C2. The van der Waals surface area contributed by atoms with Crippen LogP contribution in [0.1, 0.15) is 36.3 Å². The highest BCUT2D eigenvalue weighted by atomic mass is 16.1. The second-order valence-corrected chi connectivity index (χ2v) is 8.19. The molecule has 1 aliphatic heterocycles.